The zero-order chi connectivity index (χ0) is 19.9. The van der Waals surface area contributed by atoms with E-state index in [0.29, 0.717) is 12.4 Å². The van der Waals surface area contributed by atoms with Gasteiger partial charge >= 0.3 is 0 Å². The number of nitrogens with zero attached hydrogens (tertiary/aromatic N) is 4. The molecule has 0 aliphatic heterocycles. The van der Waals surface area contributed by atoms with Gasteiger partial charge in [0.2, 0.25) is 0 Å². The number of methoxy groups -OCH3 is 1. The van der Waals surface area contributed by atoms with Gasteiger partial charge in [0.1, 0.15) is 11.6 Å². The molecule has 1 aromatic heterocycles. The molecule has 0 saturated heterocycles. The molecule has 29 heavy (non-hydrogen) atoms. The predicted octanol–water partition coefficient (Wildman–Crippen LogP) is 3.61. The Morgan fingerprint density at radius 3 is 2.45 bits per heavy atom. The molecule has 0 aliphatic rings. The monoisotopic (exact) mass is 506 g/mol. The van der Waals surface area contributed by atoms with Crippen molar-refractivity contribution in [2.45, 2.75) is 20.0 Å². The maximum Gasteiger partial charge on any atom is 0.194 e. The van der Waals surface area contributed by atoms with Crippen molar-refractivity contribution >= 4 is 29.9 Å². The highest BCUT2D eigenvalue weighted by Crippen LogP contribution is 2.18. The molecule has 2 aromatic carbocycles. The lowest BCUT2D eigenvalue weighted by Gasteiger charge is -2.21. The zero-order valence-corrected chi connectivity index (χ0v) is 19.5. The summed E-state index contributed by atoms with van der Waals surface area (Å²) in [6.45, 7) is 3.37. The summed E-state index contributed by atoms with van der Waals surface area (Å²) in [7, 11) is 5.43. The van der Waals surface area contributed by atoms with Crippen molar-refractivity contribution in [1.82, 2.24) is 25.4 Å². The number of aliphatic imine (C=N–C) groups is 1. The number of halogens is 1. The molecular formula is C21H27IN6O. The van der Waals surface area contributed by atoms with E-state index in [-0.39, 0.29) is 24.0 Å². The van der Waals surface area contributed by atoms with Crippen LogP contribution in [0.4, 0.5) is 0 Å². The molecule has 154 valence electrons. The highest BCUT2D eigenvalue weighted by Gasteiger charge is 2.10. The second-order valence-corrected chi connectivity index (χ2v) is 6.58. The summed E-state index contributed by atoms with van der Waals surface area (Å²) >= 11 is 0. The van der Waals surface area contributed by atoms with Crippen molar-refractivity contribution in [2.75, 3.05) is 21.2 Å². The van der Waals surface area contributed by atoms with Gasteiger partial charge < -0.3 is 15.0 Å². The van der Waals surface area contributed by atoms with Crippen LogP contribution in [0.2, 0.25) is 0 Å². The Morgan fingerprint density at radius 1 is 1.14 bits per heavy atom. The fourth-order valence-electron chi connectivity index (χ4n) is 2.83. The van der Waals surface area contributed by atoms with E-state index in [1.807, 2.05) is 31.3 Å². The summed E-state index contributed by atoms with van der Waals surface area (Å²) in [5.41, 5.74) is 3.42. The van der Waals surface area contributed by atoms with Crippen molar-refractivity contribution in [3.63, 3.8) is 0 Å². The molecule has 0 amide bonds. The van der Waals surface area contributed by atoms with E-state index in [0.717, 1.165) is 29.6 Å². The number of ether oxygens (including phenoxy) is 1. The minimum atomic E-state index is 0. The Bertz CT molecular complexity index is 921. The van der Waals surface area contributed by atoms with E-state index in [9.17, 15) is 0 Å². The number of hydrogen-bond donors (Lipinski definition) is 2. The van der Waals surface area contributed by atoms with E-state index in [1.54, 1.807) is 14.2 Å². The number of aryl methyl sites for hydroxylation is 1. The Balaban J connectivity index is 0.00000300. The average Bonchev–Trinajstić information content (AvgIpc) is 3.19. The molecule has 0 atom stereocenters. The van der Waals surface area contributed by atoms with Gasteiger partial charge in [-0.1, -0.05) is 29.8 Å². The lowest BCUT2D eigenvalue weighted by molar-refractivity contribution is 0.415. The van der Waals surface area contributed by atoms with Gasteiger partial charge in [-0.2, -0.15) is 5.10 Å². The molecule has 3 rings (SSSR count). The topological polar surface area (TPSA) is 78.4 Å². The second kappa shape index (κ2) is 10.8. The molecule has 0 bridgehead atoms. The number of rotatable bonds is 6. The summed E-state index contributed by atoms with van der Waals surface area (Å²) in [4.78, 5) is 11.0. The zero-order valence-electron chi connectivity index (χ0n) is 17.1. The number of guanidine groups is 1. The van der Waals surface area contributed by atoms with Crippen molar-refractivity contribution in [3.8, 4) is 17.1 Å². The van der Waals surface area contributed by atoms with Gasteiger partial charge in [0.05, 0.1) is 13.7 Å². The molecule has 0 saturated carbocycles. The normalized spacial score (nSPS) is 11.0. The van der Waals surface area contributed by atoms with E-state index in [4.69, 9.17) is 4.74 Å². The first-order valence-corrected chi connectivity index (χ1v) is 9.12. The van der Waals surface area contributed by atoms with Crippen LogP contribution in [0, 0.1) is 6.92 Å². The van der Waals surface area contributed by atoms with E-state index in [2.05, 4.69) is 61.6 Å². The summed E-state index contributed by atoms with van der Waals surface area (Å²) in [5, 5.41) is 10.6. The molecule has 0 spiro atoms. The van der Waals surface area contributed by atoms with Crippen LogP contribution < -0.4 is 10.1 Å². The predicted molar refractivity (Wildman–Crippen MR) is 127 cm³/mol. The van der Waals surface area contributed by atoms with Crippen LogP contribution in [0.1, 0.15) is 17.0 Å². The van der Waals surface area contributed by atoms with Crippen LogP contribution >= 0.6 is 24.0 Å². The van der Waals surface area contributed by atoms with E-state index in [1.165, 1.54) is 11.1 Å². The summed E-state index contributed by atoms with van der Waals surface area (Å²) in [6.07, 6.45) is 0. The van der Waals surface area contributed by atoms with Gasteiger partial charge in [-0.15, -0.1) is 24.0 Å². The smallest absolute Gasteiger partial charge is 0.194 e. The number of H-pyrrole nitrogens is 1. The van der Waals surface area contributed by atoms with Gasteiger partial charge in [0.25, 0.3) is 0 Å². The van der Waals surface area contributed by atoms with Crippen molar-refractivity contribution < 1.29 is 4.74 Å². The number of nitrogens with one attached hydrogen (secondary N) is 2. The third-order valence-electron chi connectivity index (χ3n) is 4.41. The summed E-state index contributed by atoms with van der Waals surface area (Å²) in [6, 6.07) is 16.2. The summed E-state index contributed by atoms with van der Waals surface area (Å²) < 4.78 is 5.18. The molecule has 2 N–H and O–H groups in total. The Labute approximate surface area is 188 Å². The fraction of sp³-hybridized carbons (Fsp3) is 0.286. The van der Waals surface area contributed by atoms with Crippen molar-refractivity contribution in [3.05, 3.63) is 65.5 Å². The van der Waals surface area contributed by atoms with E-state index >= 15 is 0 Å². The molecule has 0 unspecified atom stereocenters. The Kier molecular flexibility index (Phi) is 8.44. The molecular weight excluding hydrogens is 479 g/mol. The van der Waals surface area contributed by atoms with Gasteiger partial charge in [-0.25, -0.2) is 4.98 Å². The Morgan fingerprint density at radius 2 is 1.83 bits per heavy atom. The quantitative estimate of drug-likeness (QED) is 0.304. The standard InChI is InChI=1S/C21H26N6O.HI/c1-15-5-7-16(8-6-15)14-27(3)21(22-2)23-13-19-24-20(26-25-19)17-9-11-18(28-4)12-10-17;/h5-12H,13-14H2,1-4H3,(H,22,23)(H,24,25,26);1H. The SMILES string of the molecule is CN=C(NCc1nc(-c2ccc(OC)cc2)n[nH]1)N(C)Cc1ccc(C)cc1.I. The number of benzene rings is 2. The lowest BCUT2D eigenvalue weighted by Crippen LogP contribution is -2.38. The van der Waals surface area contributed by atoms with Crippen molar-refractivity contribution in [2.24, 2.45) is 4.99 Å². The largest absolute Gasteiger partial charge is 0.497 e. The molecule has 3 aromatic rings. The minimum absolute atomic E-state index is 0. The molecule has 0 fully saturated rings. The molecule has 8 heteroatoms. The third-order valence-corrected chi connectivity index (χ3v) is 4.41. The maximum absolute atomic E-state index is 5.18. The fourth-order valence-corrected chi connectivity index (χ4v) is 2.83. The first-order chi connectivity index (χ1) is 13.6. The maximum atomic E-state index is 5.18. The highest BCUT2D eigenvalue weighted by atomic mass is 127. The molecule has 1 heterocycles. The van der Waals surface area contributed by atoms with Crippen LogP contribution in [-0.4, -0.2) is 47.2 Å². The van der Waals surface area contributed by atoms with Gasteiger partial charge in [0.15, 0.2) is 11.8 Å². The molecule has 0 radical (unpaired) electrons. The molecule has 7 nitrogen and oxygen atoms in total. The van der Waals surface area contributed by atoms with Gasteiger partial charge in [0, 0.05) is 26.2 Å². The number of aromatic nitrogens is 3. The summed E-state index contributed by atoms with van der Waals surface area (Å²) in [5.74, 6) is 3.00. The Hall–Kier alpha value is -2.62. The first kappa shape index (κ1) is 22.7. The molecule has 0 aliphatic carbocycles. The van der Waals surface area contributed by atoms with Crippen LogP contribution in [0.5, 0.6) is 5.75 Å². The third kappa shape index (κ3) is 6.18. The van der Waals surface area contributed by atoms with Crippen LogP contribution in [0.15, 0.2) is 53.5 Å². The van der Waals surface area contributed by atoms with Crippen LogP contribution in [0.25, 0.3) is 11.4 Å². The van der Waals surface area contributed by atoms with Crippen LogP contribution in [-0.2, 0) is 13.1 Å². The number of hydrogen-bond acceptors (Lipinski definition) is 4. The first-order valence-electron chi connectivity index (χ1n) is 9.12. The number of aromatic amines is 1. The average molecular weight is 506 g/mol. The van der Waals surface area contributed by atoms with Crippen LogP contribution in [0.3, 0.4) is 0 Å². The van der Waals surface area contributed by atoms with Crippen molar-refractivity contribution in [1.29, 1.82) is 0 Å². The van der Waals surface area contributed by atoms with Gasteiger partial charge in [-0.05, 0) is 36.8 Å². The highest BCUT2D eigenvalue weighted by molar-refractivity contribution is 14.0. The minimum Gasteiger partial charge on any atom is -0.497 e. The van der Waals surface area contributed by atoms with E-state index < -0.39 is 0 Å². The second-order valence-electron chi connectivity index (χ2n) is 6.58. The lowest BCUT2D eigenvalue weighted by atomic mass is 10.1. The van der Waals surface area contributed by atoms with Gasteiger partial charge in [-0.3, -0.25) is 10.1 Å².